The van der Waals surface area contributed by atoms with Gasteiger partial charge >= 0.3 is 0 Å². The minimum atomic E-state index is -1.17. The zero-order valence-electron chi connectivity index (χ0n) is 21.8. The molecule has 2 amide bonds. The second-order valence-corrected chi connectivity index (χ2v) is 10.5. The maximum atomic E-state index is 14.1. The highest BCUT2D eigenvalue weighted by atomic mass is 19.1. The van der Waals surface area contributed by atoms with Gasteiger partial charge in [-0.05, 0) is 31.4 Å². The number of hydrogen-bond acceptors (Lipinski definition) is 5. The summed E-state index contributed by atoms with van der Waals surface area (Å²) in [6.45, 7) is 1.61. The molecule has 3 aliphatic rings. The predicted octanol–water partition coefficient (Wildman–Crippen LogP) is 3.76. The van der Waals surface area contributed by atoms with Crippen molar-refractivity contribution in [2.75, 3.05) is 13.7 Å². The Kier molecular flexibility index (Phi) is 6.12. The van der Waals surface area contributed by atoms with Crippen LogP contribution in [0.25, 0.3) is 0 Å². The quantitative estimate of drug-likeness (QED) is 0.532. The van der Waals surface area contributed by atoms with Crippen molar-refractivity contribution in [3.63, 3.8) is 0 Å². The minimum Gasteiger partial charge on any atom is -0.491 e. The lowest BCUT2D eigenvalue weighted by molar-refractivity contribution is 0.0148. The summed E-state index contributed by atoms with van der Waals surface area (Å²) in [5.41, 5.74) is -1.47. The largest absolute Gasteiger partial charge is 0.491 e. The van der Waals surface area contributed by atoms with Crippen molar-refractivity contribution in [3.8, 4) is 11.5 Å². The second kappa shape index (κ2) is 9.42. The Bertz CT molecular complexity index is 1570. The molecule has 1 N–H and O–H groups in total. The fourth-order valence-electron chi connectivity index (χ4n) is 6.14. The zero-order chi connectivity index (χ0) is 28.3. The first kappa shape index (κ1) is 26.0. The smallest absolute Gasteiger partial charge is 0.274 e. The summed E-state index contributed by atoms with van der Waals surface area (Å²) in [5, 5.41) is 2.34. The average Bonchev–Trinajstić information content (AvgIpc) is 3.25. The van der Waals surface area contributed by atoms with E-state index in [4.69, 9.17) is 9.47 Å². The summed E-state index contributed by atoms with van der Waals surface area (Å²) >= 11 is 0. The molecule has 0 radical (unpaired) electrons. The van der Waals surface area contributed by atoms with Gasteiger partial charge in [0.2, 0.25) is 5.43 Å². The maximum Gasteiger partial charge on any atom is 0.274 e. The van der Waals surface area contributed by atoms with Crippen LogP contribution in [-0.2, 0) is 13.0 Å². The fraction of sp³-hybridized carbons (Fsp3) is 0.345. The first-order valence-corrected chi connectivity index (χ1v) is 13.0. The molecule has 3 aliphatic heterocycles. The highest BCUT2D eigenvalue weighted by molar-refractivity contribution is 5.99. The van der Waals surface area contributed by atoms with E-state index in [0.717, 1.165) is 11.3 Å². The summed E-state index contributed by atoms with van der Waals surface area (Å²) in [6, 6.07) is 8.12. The number of nitrogens with one attached hydrogen (secondary N) is 1. The first-order chi connectivity index (χ1) is 19.1. The number of ether oxygens (including phenoxy) is 2. The number of methoxy groups -OCH3 is 1. The Morgan fingerprint density at radius 3 is 2.60 bits per heavy atom. The van der Waals surface area contributed by atoms with Gasteiger partial charge in [-0.2, -0.15) is 0 Å². The molecular formula is C29H26F3N3O5. The molecule has 1 saturated heterocycles. The van der Waals surface area contributed by atoms with E-state index in [9.17, 15) is 27.6 Å². The number of fused-ring (bicyclic) bond motifs is 6. The lowest BCUT2D eigenvalue weighted by Crippen LogP contribution is -2.54. The highest BCUT2D eigenvalue weighted by Crippen LogP contribution is 2.48. The predicted molar refractivity (Wildman–Crippen MR) is 137 cm³/mol. The number of para-hydroxylation sites is 1. The lowest BCUT2D eigenvalue weighted by Gasteiger charge is -2.43. The Hall–Kier alpha value is -4.28. The van der Waals surface area contributed by atoms with E-state index < -0.39 is 58.4 Å². The Morgan fingerprint density at radius 2 is 1.90 bits per heavy atom. The van der Waals surface area contributed by atoms with Crippen LogP contribution in [0.1, 0.15) is 57.8 Å². The molecular weight excluding hydrogens is 527 g/mol. The van der Waals surface area contributed by atoms with Crippen molar-refractivity contribution >= 4 is 11.8 Å². The van der Waals surface area contributed by atoms with Crippen LogP contribution in [0, 0.1) is 17.5 Å². The number of hydrogen-bond donors (Lipinski definition) is 1. The van der Waals surface area contributed by atoms with Crippen molar-refractivity contribution < 1.29 is 32.2 Å². The first-order valence-electron chi connectivity index (χ1n) is 13.0. The van der Waals surface area contributed by atoms with Gasteiger partial charge in [0.1, 0.15) is 34.4 Å². The molecule has 1 spiro atoms. The molecule has 3 aromatic rings. The number of benzene rings is 2. The van der Waals surface area contributed by atoms with Gasteiger partial charge in [-0.15, -0.1) is 0 Å². The molecule has 11 heteroatoms. The van der Waals surface area contributed by atoms with Crippen molar-refractivity contribution in [1.82, 2.24) is 14.8 Å². The normalized spacial score (nSPS) is 22.8. The summed E-state index contributed by atoms with van der Waals surface area (Å²) < 4.78 is 55.2. The molecule has 40 heavy (non-hydrogen) atoms. The van der Waals surface area contributed by atoms with E-state index in [2.05, 4.69) is 5.32 Å². The molecule has 0 unspecified atom stereocenters. The molecule has 8 nitrogen and oxygen atoms in total. The van der Waals surface area contributed by atoms with E-state index in [1.54, 1.807) is 9.47 Å². The van der Waals surface area contributed by atoms with Gasteiger partial charge in [0, 0.05) is 49.4 Å². The summed E-state index contributed by atoms with van der Waals surface area (Å²) in [5.74, 6) is -4.31. The third-order valence-corrected chi connectivity index (χ3v) is 8.24. The number of carbonyl (C=O) groups is 2. The van der Waals surface area contributed by atoms with Gasteiger partial charge in [0.25, 0.3) is 11.8 Å². The monoisotopic (exact) mass is 553 g/mol. The van der Waals surface area contributed by atoms with Gasteiger partial charge in [-0.25, -0.2) is 13.2 Å². The van der Waals surface area contributed by atoms with Crippen molar-refractivity contribution in [2.45, 2.75) is 50.4 Å². The summed E-state index contributed by atoms with van der Waals surface area (Å²) in [4.78, 5) is 42.0. The Morgan fingerprint density at radius 1 is 1.18 bits per heavy atom. The third kappa shape index (κ3) is 3.94. The Labute approximate surface area is 227 Å². The molecule has 1 fully saturated rings. The van der Waals surface area contributed by atoms with Gasteiger partial charge in [0.05, 0.1) is 13.2 Å². The molecule has 2 bridgehead atoms. The molecule has 0 aliphatic carbocycles. The van der Waals surface area contributed by atoms with Crippen LogP contribution in [0.2, 0.25) is 0 Å². The standard InChI is InChI=1S/C29H26F3N3O5/c1-15-7-8-29(11-16-5-3-4-6-22(16)40-29)23-14-34(15)28(38)24-26(39-2)25(36)19(13-35(23)24)27(37)33-12-18-20(31)9-17(30)10-21(18)32/h3-6,9-10,13,15,23H,7-8,11-12,14H2,1-2H3,(H,33,37)/t15-,23+,29-/m0/s1. The van der Waals surface area contributed by atoms with Gasteiger partial charge < -0.3 is 24.3 Å². The van der Waals surface area contributed by atoms with Crippen LogP contribution < -0.4 is 20.2 Å². The van der Waals surface area contributed by atoms with E-state index in [1.165, 1.54) is 13.3 Å². The van der Waals surface area contributed by atoms with E-state index in [-0.39, 0.29) is 23.0 Å². The third-order valence-electron chi connectivity index (χ3n) is 8.24. The number of carbonyl (C=O) groups excluding carboxylic acids is 2. The molecule has 2 aromatic carbocycles. The zero-order valence-corrected chi connectivity index (χ0v) is 21.8. The van der Waals surface area contributed by atoms with Crippen LogP contribution >= 0.6 is 0 Å². The van der Waals surface area contributed by atoms with Crippen molar-refractivity contribution in [1.29, 1.82) is 0 Å². The number of amides is 2. The van der Waals surface area contributed by atoms with Crippen LogP contribution in [0.5, 0.6) is 11.5 Å². The number of rotatable bonds is 4. The van der Waals surface area contributed by atoms with Crippen LogP contribution in [0.15, 0.2) is 47.4 Å². The van der Waals surface area contributed by atoms with Crippen molar-refractivity contribution in [2.24, 2.45) is 0 Å². The molecule has 0 saturated carbocycles. The molecule has 3 atom stereocenters. The van der Waals surface area contributed by atoms with Gasteiger partial charge in [0.15, 0.2) is 11.4 Å². The van der Waals surface area contributed by atoms with Gasteiger partial charge in [-0.3, -0.25) is 14.4 Å². The maximum absolute atomic E-state index is 14.1. The number of nitrogens with zero attached hydrogens (tertiary/aromatic N) is 2. The molecule has 208 valence electrons. The molecule has 4 heterocycles. The molecule has 1 aromatic heterocycles. The van der Waals surface area contributed by atoms with Crippen LogP contribution in [0.4, 0.5) is 13.2 Å². The van der Waals surface area contributed by atoms with Crippen molar-refractivity contribution in [3.05, 3.63) is 92.7 Å². The van der Waals surface area contributed by atoms with E-state index in [1.807, 2.05) is 31.2 Å². The lowest BCUT2D eigenvalue weighted by atomic mass is 9.84. The highest BCUT2D eigenvalue weighted by Gasteiger charge is 2.54. The SMILES string of the molecule is COc1c2n(cc(C(=O)NCc3c(F)cc(F)cc3F)c1=O)[C@@H]1CN(C2=O)[C@@H](C)CC[C@]12Cc1ccccc1O2. The summed E-state index contributed by atoms with van der Waals surface area (Å²) in [7, 11) is 1.24. The van der Waals surface area contributed by atoms with Crippen LogP contribution in [-0.4, -0.2) is 46.6 Å². The number of pyridine rings is 1. The summed E-state index contributed by atoms with van der Waals surface area (Å²) in [6.07, 6.45) is 3.16. The van der Waals surface area contributed by atoms with Gasteiger partial charge in [-0.1, -0.05) is 18.2 Å². The Balaban J connectivity index is 1.44. The fourth-order valence-corrected chi connectivity index (χ4v) is 6.14. The second-order valence-electron chi connectivity index (χ2n) is 10.5. The number of halogens is 3. The van der Waals surface area contributed by atoms with E-state index >= 15 is 0 Å². The van der Waals surface area contributed by atoms with Crippen LogP contribution in [0.3, 0.4) is 0 Å². The average molecular weight is 554 g/mol. The molecule has 6 rings (SSSR count). The number of aromatic nitrogens is 1. The topological polar surface area (TPSA) is 89.9 Å². The minimum absolute atomic E-state index is 0.0172. The van der Waals surface area contributed by atoms with E-state index in [0.29, 0.717) is 37.9 Å².